The molecule has 0 fully saturated rings. The molecule has 1 aromatic rings. The van der Waals surface area contributed by atoms with E-state index in [0.717, 1.165) is 17.0 Å². The number of primary amides is 1. The molecule has 0 bridgehead atoms. The Morgan fingerprint density at radius 2 is 2.06 bits per heavy atom. The molecule has 3 N–H and O–H groups in total. The van der Waals surface area contributed by atoms with Gasteiger partial charge in [0.15, 0.2) is 0 Å². The lowest BCUT2D eigenvalue weighted by atomic mass is 10.0. The molecule has 1 heterocycles. The van der Waals surface area contributed by atoms with Crippen LogP contribution < -0.4 is 11.1 Å². The largest absolute Gasteiger partial charge is 0.368 e. The molecule has 16 heavy (non-hydrogen) atoms. The van der Waals surface area contributed by atoms with E-state index < -0.39 is 5.54 Å². The van der Waals surface area contributed by atoms with Gasteiger partial charge in [0.1, 0.15) is 0 Å². The molecule has 0 saturated heterocycles. The number of hydrogen-bond donors (Lipinski definition) is 2. The van der Waals surface area contributed by atoms with Crippen molar-refractivity contribution >= 4 is 5.91 Å². The van der Waals surface area contributed by atoms with Crippen LogP contribution in [0, 0.1) is 13.8 Å². The third kappa shape index (κ3) is 2.41. The van der Waals surface area contributed by atoms with Gasteiger partial charge in [-0.25, -0.2) is 0 Å². The van der Waals surface area contributed by atoms with Crippen LogP contribution in [0.3, 0.4) is 0 Å². The number of carbonyl (C=O) groups excluding carboxylic acids is 1. The number of nitrogens with zero attached hydrogens (tertiary/aromatic N) is 2. The average molecular weight is 224 g/mol. The second-order valence-electron chi connectivity index (χ2n) is 4.62. The zero-order chi connectivity index (χ0) is 12.5. The summed E-state index contributed by atoms with van der Waals surface area (Å²) in [4.78, 5) is 11.2. The van der Waals surface area contributed by atoms with Gasteiger partial charge < -0.3 is 5.73 Å². The molecule has 0 aromatic carbocycles. The summed E-state index contributed by atoms with van der Waals surface area (Å²) in [6.07, 6.45) is 0. The quantitative estimate of drug-likeness (QED) is 0.777. The lowest BCUT2D eigenvalue weighted by Crippen LogP contribution is -2.50. The fourth-order valence-corrected chi connectivity index (χ4v) is 1.47. The van der Waals surface area contributed by atoms with Gasteiger partial charge in [-0.3, -0.25) is 14.8 Å². The Morgan fingerprint density at radius 1 is 1.50 bits per heavy atom. The SMILES string of the molecule is Cc1nn(C)c(C)c1CNC(C)(C)C(N)=O. The molecule has 0 aliphatic carbocycles. The van der Waals surface area contributed by atoms with E-state index in [0.29, 0.717) is 6.54 Å². The highest BCUT2D eigenvalue weighted by Gasteiger charge is 2.24. The van der Waals surface area contributed by atoms with E-state index in [4.69, 9.17) is 5.73 Å². The van der Waals surface area contributed by atoms with Gasteiger partial charge >= 0.3 is 0 Å². The second kappa shape index (κ2) is 4.25. The molecule has 1 amide bonds. The summed E-state index contributed by atoms with van der Waals surface area (Å²) in [5, 5.41) is 7.46. The summed E-state index contributed by atoms with van der Waals surface area (Å²) in [6, 6.07) is 0. The highest BCUT2D eigenvalue weighted by molar-refractivity contribution is 5.83. The smallest absolute Gasteiger partial charge is 0.237 e. The van der Waals surface area contributed by atoms with Gasteiger partial charge in [0.2, 0.25) is 5.91 Å². The topological polar surface area (TPSA) is 72.9 Å². The first-order valence-corrected chi connectivity index (χ1v) is 5.29. The first-order chi connectivity index (χ1) is 7.25. The van der Waals surface area contributed by atoms with Crippen LogP contribution in [0.25, 0.3) is 0 Å². The predicted molar refractivity (Wildman–Crippen MR) is 62.8 cm³/mol. The van der Waals surface area contributed by atoms with Crippen LogP contribution in [0.2, 0.25) is 0 Å². The summed E-state index contributed by atoms with van der Waals surface area (Å²) in [5.41, 5.74) is 7.80. The molecule has 0 atom stereocenters. The second-order valence-corrected chi connectivity index (χ2v) is 4.62. The van der Waals surface area contributed by atoms with E-state index >= 15 is 0 Å². The van der Waals surface area contributed by atoms with Gasteiger partial charge in [-0.1, -0.05) is 0 Å². The first-order valence-electron chi connectivity index (χ1n) is 5.29. The Morgan fingerprint density at radius 3 is 2.44 bits per heavy atom. The van der Waals surface area contributed by atoms with Crippen molar-refractivity contribution in [3.8, 4) is 0 Å². The van der Waals surface area contributed by atoms with Crippen LogP contribution >= 0.6 is 0 Å². The number of nitrogens with one attached hydrogen (secondary N) is 1. The number of nitrogens with two attached hydrogens (primary N) is 1. The Kier molecular flexibility index (Phi) is 3.38. The summed E-state index contributed by atoms with van der Waals surface area (Å²) in [6.45, 7) is 8.11. The van der Waals surface area contributed by atoms with Crippen molar-refractivity contribution in [2.45, 2.75) is 39.8 Å². The van der Waals surface area contributed by atoms with Gasteiger partial charge in [-0.2, -0.15) is 5.10 Å². The maximum absolute atomic E-state index is 11.2. The Bertz CT molecular complexity index is 406. The Balaban J connectivity index is 2.79. The molecular formula is C11H20N4O. The number of amides is 1. The predicted octanol–water partition coefficient (Wildman–Crippen LogP) is 0.390. The van der Waals surface area contributed by atoms with Gasteiger partial charge in [0, 0.05) is 24.8 Å². The standard InChI is InChI=1S/C11H20N4O/c1-7-9(8(2)15(5)14-7)6-13-11(3,4)10(12)16/h13H,6H2,1-5H3,(H2,12,16). The molecule has 0 unspecified atom stereocenters. The van der Waals surface area contributed by atoms with Crippen molar-refractivity contribution in [2.75, 3.05) is 0 Å². The summed E-state index contributed by atoms with van der Waals surface area (Å²) in [7, 11) is 1.91. The maximum Gasteiger partial charge on any atom is 0.237 e. The number of hydrogen-bond acceptors (Lipinski definition) is 3. The lowest BCUT2D eigenvalue weighted by Gasteiger charge is -2.22. The summed E-state index contributed by atoms with van der Waals surface area (Å²) in [5.74, 6) is -0.355. The zero-order valence-electron chi connectivity index (χ0n) is 10.6. The molecule has 0 spiro atoms. The van der Waals surface area contributed by atoms with Crippen LogP contribution in [-0.2, 0) is 18.4 Å². The van der Waals surface area contributed by atoms with E-state index in [2.05, 4.69) is 10.4 Å². The maximum atomic E-state index is 11.2. The summed E-state index contributed by atoms with van der Waals surface area (Å²) >= 11 is 0. The van der Waals surface area contributed by atoms with Crippen molar-refractivity contribution in [2.24, 2.45) is 12.8 Å². The van der Waals surface area contributed by atoms with Crippen LogP contribution in [0.4, 0.5) is 0 Å². The fourth-order valence-electron chi connectivity index (χ4n) is 1.47. The fraction of sp³-hybridized carbons (Fsp3) is 0.636. The highest BCUT2D eigenvalue weighted by atomic mass is 16.1. The van der Waals surface area contributed by atoms with Gasteiger partial charge in [0.25, 0.3) is 0 Å². The van der Waals surface area contributed by atoms with Gasteiger partial charge in [0.05, 0.1) is 11.2 Å². The van der Waals surface area contributed by atoms with Crippen molar-refractivity contribution in [1.82, 2.24) is 15.1 Å². The first kappa shape index (κ1) is 12.7. The molecule has 1 rings (SSSR count). The minimum Gasteiger partial charge on any atom is -0.368 e. The highest BCUT2D eigenvalue weighted by Crippen LogP contribution is 2.13. The van der Waals surface area contributed by atoms with Crippen molar-refractivity contribution in [3.63, 3.8) is 0 Å². The van der Waals surface area contributed by atoms with Crippen LogP contribution in [0.1, 0.15) is 30.8 Å². The number of aromatic nitrogens is 2. The molecule has 0 radical (unpaired) electrons. The van der Waals surface area contributed by atoms with Gasteiger partial charge in [-0.05, 0) is 27.7 Å². The molecular weight excluding hydrogens is 204 g/mol. The molecule has 5 heteroatoms. The Hall–Kier alpha value is -1.36. The van der Waals surface area contributed by atoms with E-state index in [1.165, 1.54) is 0 Å². The lowest BCUT2D eigenvalue weighted by molar-refractivity contribution is -0.123. The van der Waals surface area contributed by atoms with E-state index in [1.54, 1.807) is 13.8 Å². The number of aryl methyl sites for hydroxylation is 2. The third-order valence-corrected chi connectivity index (χ3v) is 2.98. The molecule has 0 aliphatic rings. The number of rotatable bonds is 4. The van der Waals surface area contributed by atoms with Crippen LogP contribution in [0.5, 0.6) is 0 Å². The minimum absolute atomic E-state index is 0.355. The zero-order valence-corrected chi connectivity index (χ0v) is 10.6. The third-order valence-electron chi connectivity index (χ3n) is 2.98. The average Bonchev–Trinajstić information content (AvgIpc) is 2.39. The molecule has 0 aliphatic heterocycles. The van der Waals surface area contributed by atoms with Crippen LogP contribution in [0.15, 0.2) is 0 Å². The Labute approximate surface area is 96.0 Å². The molecule has 0 saturated carbocycles. The monoisotopic (exact) mass is 224 g/mol. The van der Waals surface area contributed by atoms with Crippen molar-refractivity contribution < 1.29 is 4.79 Å². The molecule has 1 aromatic heterocycles. The molecule has 90 valence electrons. The minimum atomic E-state index is -0.700. The normalized spacial score (nSPS) is 11.8. The summed E-state index contributed by atoms with van der Waals surface area (Å²) < 4.78 is 1.84. The van der Waals surface area contributed by atoms with Gasteiger partial charge in [-0.15, -0.1) is 0 Å². The van der Waals surface area contributed by atoms with E-state index in [9.17, 15) is 4.79 Å². The number of carbonyl (C=O) groups is 1. The molecule has 5 nitrogen and oxygen atoms in total. The van der Waals surface area contributed by atoms with Crippen molar-refractivity contribution in [1.29, 1.82) is 0 Å². The van der Waals surface area contributed by atoms with E-state index in [1.807, 2.05) is 25.6 Å². The van der Waals surface area contributed by atoms with Crippen LogP contribution in [-0.4, -0.2) is 21.2 Å². The van der Waals surface area contributed by atoms with Crippen molar-refractivity contribution in [3.05, 3.63) is 17.0 Å². The van der Waals surface area contributed by atoms with E-state index in [-0.39, 0.29) is 5.91 Å².